The first-order valence-corrected chi connectivity index (χ1v) is 9.91. The van der Waals surface area contributed by atoms with Gasteiger partial charge in [-0.15, -0.1) is 0 Å². The van der Waals surface area contributed by atoms with E-state index in [1.54, 1.807) is 44.9 Å². The molecule has 2 rings (SSSR count). The van der Waals surface area contributed by atoms with Gasteiger partial charge in [0, 0.05) is 37.1 Å². The SMILES string of the molecule is COCCCN(C(=O)c1ccc(C)cc1)[C@H](C)C(=O)c1c(C)[nH]c(C(=O)OC)c1C. The summed E-state index contributed by atoms with van der Waals surface area (Å²) >= 11 is 0. The summed E-state index contributed by atoms with van der Waals surface area (Å²) < 4.78 is 9.90. The van der Waals surface area contributed by atoms with Gasteiger partial charge in [0.1, 0.15) is 5.69 Å². The molecule has 0 saturated heterocycles. The molecule has 1 heterocycles. The Bertz CT molecular complexity index is 914. The number of ether oxygens (including phenoxy) is 2. The number of nitrogens with one attached hydrogen (secondary N) is 1. The normalized spacial score (nSPS) is 11.8. The van der Waals surface area contributed by atoms with E-state index in [-0.39, 0.29) is 17.4 Å². The minimum atomic E-state index is -0.714. The van der Waals surface area contributed by atoms with Crippen molar-refractivity contribution >= 4 is 17.7 Å². The fourth-order valence-corrected chi connectivity index (χ4v) is 3.49. The Hall–Kier alpha value is -2.93. The molecule has 0 radical (unpaired) electrons. The molecule has 162 valence electrons. The van der Waals surface area contributed by atoms with Gasteiger partial charge in [0.2, 0.25) is 0 Å². The molecule has 0 spiro atoms. The zero-order valence-corrected chi connectivity index (χ0v) is 18.5. The summed E-state index contributed by atoms with van der Waals surface area (Å²) in [5.41, 5.74) is 3.34. The molecular weight excluding hydrogens is 384 g/mol. The van der Waals surface area contributed by atoms with Crippen LogP contribution in [0.3, 0.4) is 0 Å². The second-order valence-corrected chi connectivity index (χ2v) is 7.37. The summed E-state index contributed by atoms with van der Waals surface area (Å²) in [6.45, 7) is 7.95. The number of benzene rings is 1. The molecule has 2 aromatic rings. The molecule has 1 amide bonds. The molecule has 0 bridgehead atoms. The van der Waals surface area contributed by atoms with Gasteiger partial charge < -0.3 is 19.4 Å². The van der Waals surface area contributed by atoms with Gasteiger partial charge in [0.15, 0.2) is 5.78 Å². The van der Waals surface area contributed by atoms with Gasteiger partial charge in [-0.2, -0.15) is 0 Å². The first-order chi connectivity index (χ1) is 14.2. The lowest BCUT2D eigenvalue weighted by atomic mass is 9.99. The van der Waals surface area contributed by atoms with Crippen molar-refractivity contribution in [3.05, 3.63) is 57.9 Å². The average Bonchev–Trinajstić information content (AvgIpc) is 3.03. The van der Waals surface area contributed by atoms with Crippen LogP contribution in [0.15, 0.2) is 24.3 Å². The quantitative estimate of drug-likeness (QED) is 0.386. The van der Waals surface area contributed by atoms with E-state index in [1.165, 1.54) is 7.11 Å². The number of carbonyl (C=O) groups is 3. The predicted octanol–water partition coefficient (Wildman–Crippen LogP) is 3.48. The topological polar surface area (TPSA) is 88.7 Å². The maximum atomic E-state index is 13.4. The molecule has 0 fully saturated rings. The van der Waals surface area contributed by atoms with Crippen molar-refractivity contribution in [1.82, 2.24) is 9.88 Å². The van der Waals surface area contributed by atoms with E-state index in [1.807, 2.05) is 19.1 Å². The minimum Gasteiger partial charge on any atom is -0.464 e. The summed E-state index contributed by atoms with van der Waals surface area (Å²) in [6, 6.07) is 6.56. The Kier molecular flexibility index (Phi) is 7.94. The Morgan fingerprint density at radius 3 is 2.27 bits per heavy atom. The summed E-state index contributed by atoms with van der Waals surface area (Å²) in [6.07, 6.45) is 0.601. The van der Waals surface area contributed by atoms with Crippen LogP contribution in [-0.2, 0) is 9.47 Å². The Balaban J connectivity index is 2.37. The van der Waals surface area contributed by atoms with Crippen molar-refractivity contribution in [2.45, 2.75) is 40.2 Å². The summed E-state index contributed by atoms with van der Waals surface area (Å²) in [5, 5.41) is 0. The predicted molar refractivity (Wildman–Crippen MR) is 114 cm³/mol. The number of aromatic nitrogens is 1. The van der Waals surface area contributed by atoms with Crippen LogP contribution in [-0.4, -0.2) is 61.0 Å². The number of hydrogen-bond donors (Lipinski definition) is 1. The standard InChI is InChI=1S/C23H30N2O5/c1-14-8-10-18(11-9-14)22(27)25(12-7-13-29-5)17(4)21(26)19-15(2)20(23(28)30-6)24-16(19)3/h8-11,17,24H,7,12-13H2,1-6H3/t17-/m1/s1. The van der Waals surface area contributed by atoms with E-state index < -0.39 is 12.0 Å². The third-order valence-corrected chi connectivity index (χ3v) is 5.23. The van der Waals surface area contributed by atoms with E-state index in [0.717, 1.165) is 5.56 Å². The number of aryl methyl sites for hydroxylation is 2. The van der Waals surface area contributed by atoms with Gasteiger partial charge in [0.25, 0.3) is 5.91 Å². The lowest BCUT2D eigenvalue weighted by Crippen LogP contribution is -2.44. The largest absolute Gasteiger partial charge is 0.464 e. The molecule has 0 aliphatic rings. The number of Topliss-reactive ketones (excluding diaryl/α,β-unsaturated/α-hetero) is 1. The van der Waals surface area contributed by atoms with Crippen LogP contribution in [0.1, 0.15) is 61.4 Å². The number of carbonyl (C=O) groups excluding carboxylic acids is 3. The van der Waals surface area contributed by atoms with Gasteiger partial charge in [-0.05, 0) is 51.8 Å². The van der Waals surface area contributed by atoms with E-state index in [2.05, 4.69) is 4.98 Å². The third kappa shape index (κ3) is 4.97. The molecule has 1 N–H and O–H groups in total. The first kappa shape index (κ1) is 23.3. The molecule has 0 saturated carbocycles. The highest BCUT2D eigenvalue weighted by atomic mass is 16.5. The number of amides is 1. The van der Waals surface area contributed by atoms with E-state index in [9.17, 15) is 14.4 Å². The number of H-pyrrole nitrogens is 1. The van der Waals surface area contributed by atoms with Crippen LogP contribution < -0.4 is 0 Å². The zero-order valence-electron chi connectivity index (χ0n) is 18.5. The monoisotopic (exact) mass is 414 g/mol. The maximum Gasteiger partial charge on any atom is 0.354 e. The van der Waals surface area contributed by atoms with Crippen LogP contribution >= 0.6 is 0 Å². The van der Waals surface area contributed by atoms with Gasteiger partial charge in [-0.1, -0.05) is 17.7 Å². The lowest BCUT2D eigenvalue weighted by molar-refractivity contribution is 0.0591. The maximum absolute atomic E-state index is 13.4. The average molecular weight is 415 g/mol. The van der Waals surface area contributed by atoms with Gasteiger partial charge in [-0.3, -0.25) is 9.59 Å². The number of nitrogens with zero attached hydrogens (tertiary/aromatic N) is 1. The number of hydrogen-bond acceptors (Lipinski definition) is 5. The zero-order chi connectivity index (χ0) is 22.4. The van der Waals surface area contributed by atoms with Crippen molar-refractivity contribution in [2.24, 2.45) is 0 Å². The smallest absolute Gasteiger partial charge is 0.354 e. The van der Waals surface area contributed by atoms with Crippen LogP contribution in [0.25, 0.3) is 0 Å². The van der Waals surface area contributed by atoms with Gasteiger partial charge in [0.05, 0.1) is 13.2 Å². The highest BCUT2D eigenvalue weighted by Gasteiger charge is 2.31. The van der Waals surface area contributed by atoms with Crippen molar-refractivity contribution in [3.63, 3.8) is 0 Å². The molecule has 0 aliphatic carbocycles. The number of esters is 1. The van der Waals surface area contributed by atoms with Crippen molar-refractivity contribution < 1.29 is 23.9 Å². The van der Waals surface area contributed by atoms with Crippen LogP contribution in [0.5, 0.6) is 0 Å². The Labute approximate surface area is 177 Å². The van der Waals surface area contributed by atoms with Gasteiger partial charge >= 0.3 is 5.97 Å². The summed E-state index contributed by atoms with van der Waals surface area (Å²) in [4.78, 5) is 43.1. The lowest BCUT2D eigenvalue weighted by Gasteiger charge is -2.29. The second-order valence-electron chi connectivity index (χ2n) is 7.37. The van der Waals surface area contributed by atoms with Crippen LogP contribution in [0, 0.1) is 20.8 Å². The molecule has 7 nitrogen and oxygen atoms in total. The highest BCUT2D eigenvalue weighted by Crippen LogP contribution is 2.23. The molecule has 1 aromatic heterocycles. The number of methoxy groups -OCH3 is 2. The van der Waals surface area contributed by atoms with Crippen molar-refractivity contribution in [3.8, 4) is 0 Å². The van der Waals surface area contributed by atoms with E-state index in [4.69, 9.17) is 9.47 Å². The minimum absolute atomic E-state index is 0.217. The van der Waals surface area contributed by atoms with Crippen LogP contribution in [0.4, 0.5) is 0 Å². The molecule has 0 aliphatic heterocycles. The molecule has 1 atom stereocenters. The third-order valence-electron chi connectivity index (χ3n) is 5.23. The van der Waals surface area contributed by atoms with E-state index in [0.29, 0.717) is 42.0 Å². The van der Waals surface area contributed by atoms with Crippen molar-refractivity contribution in [2.75, 3.05) is 27.4 Å². The number of aromatic amines is 1. The first-order valence-electron chi connectivity index (χ1n) is 9.91. The van der Waals surface area contributed by atoms with Crippen LogP contribution in [0.2, 0.25) is 0 Å². The summed E-state index contributed by atoms with van der Waals surface area (Å²) in [7, 11) is 2.89. The highest BCUT2D eigenvalue weighted by molar-refractivity contribution is 6.07. The second kappa shape index (κ2) is 10.2. The molecular formula is C23H30N2O5. The van der Waals surface area contributed by atoms with E-state index >= 15 is 0 Å². The molecule has 30 heavy (non-hydrogen) atoms. The fourth-order valence-electron chi connectivity index (χ4n) is 3.49. The number of ketones is 1. The Morgan fingerprint density at radius 2 is 1.70 bits per heavy atom. The molecule has 0 unspecified atom stereocenters. The fraction of sp³-hybridized carbons (Fsp3) is 0.435. The van der Waals surface area contributed by atoms with Gasteiger partial charge in [-0.25, -0.2) is 4.79 Å². The molecule has 7 heteroatoms. The molecule has 1 aromatic carbocycles. The summed E-state index contributed by atoms with van der Waals surface area (Å²) in [5.74, 6) is -0.977. The number of rotatable bonds is 9. The Morgan fingerprint density at radius 1 is 1.07 bits per heavy atom. The van der Waals surface area contributed by atoms with Crippen molar-refractivity contribution in [1.29, 1.82) is 0 Å².